The van der Waals surface area contributed by atoms with Crippen molar-refractivity contribution in [3.63, 3.8) is 0 Å². The van der Waals surface area contributed by atoms with E-state index in [0.29, 0.717) is 5.69 Å². The van der Waals surface area contributed by atoms with Crippen LogP contribution in [-0.4, -0.2) is 28.0 Å². The summed E-state index contributed by atoms with van der Waals surface area (Å²) in [7, 11) is 0. The summed E-state index contributed by atoms with van der Waals surface area (Å²) < 4.78 is 0. The van der Waals surface area contributed by atoms with Gasteiger partial charge in [0.2, 0.25) is 0 Å². The topological polar surface area (TPSA) is 121 Å². The van der Waals surface area contributed by atoms with Gasteiger partial charge in [0.1, 0.15) is 5.56 Å². The van der Waals surface area contributed by atoms with E-state index in [1.165, 1.54) is 12.3 Å². The SMILES string of the molecule is Cc1cc(=O)c(C(=O)NC(C(N)=NO)C(C)C)c[nH]1. The number of nitrogens with one attached hydrogen (secondary N) is 2. The van der Waals surface area contributed by atoms with Gasteiger partial charge in [0.25, 0.3) is 5.91 Å². The molecule has 0 aromatic carbocycles. The van der Waals surface area contributed by atoms with E-state index >= 15 is 0 Å². The van der Waals surface area contributed by atoms with Crippen molar-refractivity contribution >= 4 is 11.7 Å². The predicted molar refractivity (Wildman–Crippen MR) is 71.3 cm³/mol. The Kier molecular flexibility index (Phi) is 4.68. The van der Waals surface area contributed by atoms with E-state index in [1.807, 2.05) is 13.8 Å². The van der Waals surface area contributed by atoms with Crippen molar-refractivity contribution < 1.29 is 10.0 Å². The van der Waals surface area contributed by atoms with Crippen LogP contribution in [0.3, 0.4) is 0 Å². The van der Waals surface area contributed by atoms with E-state index < -0.39 is 11.9 Å². The summed E-state index contributed by atoms with van der Waals surface area (Å²) >= 11 is 0. The van der Waals surface area contributed by atoms with E-state index in [2.05, 4.69) is 15.5 Å². The summed E-state index contributed by atoms with van der Waals surface area (Å²) in [5.41, 5.74) is 5.78. The minimum absolute atomic E-state index is 0.0120. The number of amides is 1. The number of aromatic nitrogens is 1. The van der Waals surface area contributed by atoms with Gasteiger partial charge in [-0.15, -0.1) is 0 Å². The second-order valence-electron chi connectivity index (χ2n) is 4.61. The molecule has 1 atom stereocenters. The molecule has 1 heterocycles. The summed E-state index contributed by atoms with van der Waals surface area (Å²) in [5, 5.41) is 14.1. The van der Waals surface area contributed by atoms with E-state index in [1.54, 1.807) is 6.92 Å². The number of pyridine rings is 1. The third-order valence-corrected chi connectivity index (χ3v) is 2.69. The molecule has 1 rings (SSSR count). The molecule has 7 heteroatoms. The zero-order chi connectivity index (χ0) is 14.6. The van der Waals surface area contributed by atoms with E-state index in [4.69, 9.17) is 10.9 Å². The molecule has 0 aliphatic heterocycles. The first kappa shape index (κ1) is 14.7. The Hall–Kier alpha value is -2.31. The summed E-state index contributed by atoms with van der Waals surface area (Å²) in [5.74, 6) is -0.747. The number of H-pyrrole nitrogens is 1. The number of rotatable bonds is 4. The largest absolute Gasteiger partial charge is 0.409 e. The summed E-state index contributed by atoms with van der Waals surface area (Å²) in [4.78, 5) is 26.5. The molecule has 0 aliphatic rings. The van der Waals surface area contributed by atoms with Crippen molar-refractivity contribution in [1.82, 2.24) is 10.3 Å². The van der Waals surface area contributed by atoms with Crippen molar-refractivity contribution in [2.24, 2.45) is 16.8 Å². The van der Waals surface area contributed by atoms with Crippen LogP contribution in [0.4, 0.5) is 0 Å². The third kappa shape index (κ3) is 3.57. The third-order valence-electron chi connectivity index (χ3n) is 2.69. The second-order valence-corrected chi connectivity index (χ2v) is 4.61. The normalized spacial score (nSPS) is 13.4. The standard InChI is InChI=1S/C12H18N4O3/c1-6(2)10(11(13)16-19)15-12(18)8-5-14-7(3)4-9(8)17/h4-6,10,19H,1-3H3,(H2,13,16)(H,14,17)(H,15,18). The van der Waals surface area contributed by atoms with Crippen LogP contribution < -0.4 is 16.5 Å². The highest BCUT2D eigenvalue weighted by atomic mass is 16.4. The first-order valence-electron chi connectivity index (χ1n) is 5.84. The number of carbonyl (C=O) groups excluding carboxylic acids is 1. The van der Waals surface area contributed by atoms with Crippen molar-refractivity contribution in [1.29, 1.82) is 0 Å². The second kappa shape index (κ2) is 6.03. The van der Waals surface area contributed by atoms with E-state index in [-0.39, 0.29) is 22.7 Å². The minimum Gasteiger partial charge on any atom is -0.409 e. The van der Waals surface area contributed by atoms with Gasteiger partial charge in [-0.3, -0.25) is 9.59 Å². The molecule has 5 N–H and O–H groups in total. The van der Waals surface area contributed by atoms with Gasteiger partial charge in [0.15, 0.2) is 11.3 Å². The summed E-state index contributed by atoms with van der Waals surface area (Å²) in [6, 6.07) is 0.696. The van der Waals surface area contributed by atoms with E-state index in [9.17, 15) is 9.59 Å². The molecule has 1 amide bonds. The molecule has 0 saturated carbocycles. The van der Waals surface area contributed by atoms with Crippen molar-refractivity contribution in [3.8, 4) is 0 Å². The Morgan fingerprint density at radius 2 is 2.16 bits per heavy atom. The van der Waals surface area contributed by atoms with Gasteiger partial charge in [-0.05, 0) is 12.8 Å². The van der Waals surface area contributed by atoms with Gasteiger partial charge in [-0.1, -0.05) is 19.0 Å². The van der Waals surface area contributed by atoms with Gasteiger partial charge in [0.05, 0.1) is 6.04 Å². The lowest BCUT2D eigenvalue weighted by Gasteiger charge is -2.20. The molecule has 19 heavy (non-hydrogen) atoms. The summed E-state index contributed by atoms with van der Waals surface area (Å²) in [6.07, 6.45) is 1.34. The molecule has 1 aromatic heterocycles. The van der Waals surface area contributed by atoms with Gasteiger partial charge in [-0.2, -0.15) is 0 Å². The van der Waals surface area contributed by atoms with Crippen LogP contribution in [0.25, 0.3) is 0 Å². The van der Waals surface area contributed by atoms with Crippen LogP contribution >= 0.6 is 0 Å². The number of oxime groups is 1. The molecule has 0 aliphatic carbocycles. The number of hydrogen-bond acceptors (Lipinski definition) is 4. The Morgan fingerprint density at radius 3 is 2.63 bits per heavy atom. The molecule has 0 saturated heterocycles. The lowest BCUT2D eigenvalue weighted by Crippen LogP contribution is -2.48. The van der Waals surface area contributed by atoms with Crippen molar-refractivity contribution in [3.05, 3.63) is 33.7 Å². The number of aromatic amines is 1. The fourth-order valence-electron chi connectivity index (χ4n) is 1.61. The number of nitrogens with two attached hydrogens (primary N) is 1. The molecule has 0 fully saturated rings. The molecular formula is C12H18N4O3. The predicted octanol–water partition coefficient (Wildman–Crippen LogP) is 0.184. The first-order valence-corrected chi connectivity index (χ1v) is 5.84. The highest BCUT2D eigenvalue weighted by Gasteiger charge is 2.22. The monoisotopic (exact) mass is 266 g/mol. The van der Waals surface area contributed by atoms with Crippen molar-refractivity contribution in [2.75, 3.05) is 0 Å². The molecule has 0 radical (unpaired) electrons. The van der Waals surface area contributed by atoms with Crippen molar-refractivity contribution in [2.45, 2.75) is 26.8 Å². The zero-order valence-electron chi connectivity index (χ0n) is 11.1. The van der Waals surface area contributed by atoms with Crippen LogP contribution in [0.15, 0.2) is 22.2 Å². The lowest BCUT2D eigenvalue weighted by atomic mass is 10.0. The van der Waals surface area contributed by atoms with Gasteiger partial charge in [0, 0.05) is 18.0 Å². The van der Waals surface area contributed by atoms with Crippen LogP contribution in [-0.2, 0) is 0 Å². The van der Waals surface area contributed by atoms with Gasteiger partial charge >= 0.3 is 0 Å². The molecule has 0 spiro atoms. The van der Waals surface area contributed by atoms with Crippen LogP contribution in [0.1, 0.15) is 29.9 Å². The maximum atomic E-state index is 12.0. The van der Waals surface area contributed by atoms with Gasteiger partial charge < -0.3 is 21.2 Å². The number of nitrogens with zero attached hydrogens (tertiary/aromatic N) is 1. The average molecular weight is 266 g/mol. The fraction of sp³-hybridized carbons (Fsp3) is 0.417. The minimum atomic E-state index is -0.641. The Labute approximate surface area is 110 Å². The molecule has 1 unspecified atom stereocenters. The highest BCUT2D eigenvalue weighted by molar-refractivity contribution is 5.98. The lowest BCUT2D eigenvalue weighted by molar-refractivity contribution is 0.0937. The smallest absolute Gasteiger partial charge is 0.257 e. The Morgan fingerprint density at radius 1 is 1.53 bits per heavy atom. The highest BCUT2D eigenvalue weighted by Crippen LogP contribution is 2.03. The maximum Gasteiger partial charge on any atom is 0.257 e. The van der Waals surface area contributed by atoms with Gasteiger partial charge in [-0.25, -0.2) is 0 Å². The first-order chi connectivity index (χ1) is 8.86. The number of aryl methyl sites for hydroxylation is 1. The molecular weight excluding hydrogens is 248 g/mol. The van der Waals surface area contributed by atoms with Crippen LogP contribution in [0.2, 0.25) is 0 Å². The fourth-order valence-corrected chi connectivity index (χ4v) is 1.61. The number of amidine groups is 1. The Balaban J connectivity index is 2.98. The molecule has 7 nitrogen and oxygen atoms in total. The molecule has 0 bridgehead atoms. The number of carbonyl (C=O) groups is 1. The average Bonchev–Trinajstić information content (AvgIpc) is 2.34. The molecule has 104 valence electrons. The Bertz CT molecular complexity index is 548. The molecule has 1 aromatic rings. The zero-order valence-corrected chi connectivity index (χ0v) is 11.1. The van der Waals surface area contributed by atoms with Crippen LogP contribution in [0, 0.1) is 12.8 Å². The summed E-state index contributed by atoms with van der Waals surface area (Å²) in [6.45, 7) is 5.33. The van der Waals surface area contributed by atoms with E-state index in [0.717, 1.165) is 0 Å². The number of hydrogen-bond donors (Lipinski definition) is 4. The van der Waals surface area contributed by atoms with Crippen LogP contribution in [0.5, 0.6) is 0 Å². The quantitative estimate of drug-likeness (QED) is 0.269. The maximum absolute atomic E-state index is 12.0.